The predicted octanol–water partition coefficient (Wildman–Crippen LogP) is 2.88. The molecule has 1 aromatic carbocycles. The van der Waals surface area contributed by atoms with Crippen molar-refractivity contribution >= 4 is 17.6 Å². The van der Waals surface area contributed by atoms with E-state index >= 15 is 0 Å². The van der Waals surface area contributed by atoms with E-state index in [2.05, 4.69) is 4.98 Å². The van der Waals surface area contributed by atoms with E-state index in [1.807, 2.05) is 0 Å². The molecule has 0 unspecified atom stereocenters. The smallest absolute Gasteiger partial charge is 0.124 e. The predicted molar refractivity (Wildman–Crippen MR) is 103 cm³/mol. The summed E-state index contributed by atoms with van der Waals surface area (Å²) < 4.78 is 5.45. The van der Waals surface area contributed by atoms with Crippen molar-refractivity contribution in [2.24, 2.45) is 5.73 Å². The first-order valence-corrected chi connectivity index (χ1v) is 8.86. The zero-order valence-corrected chi connectivity index (χ0v) is 15.2. The summed E-state index contributed by atoms with van der Waals surface area (Å²) in [5, 5.41) is 20.8. The Hall–Kier alpha value is -2.44. The third kappa shape index (κ3) is 3.57. The minimum Gasteiger partial charge on any atom is -0.507 e. The lowest BCUT2D eigenvalue weighted by atomic mass is 9.86. The summed E-state index contributed by atoms with van der Waals surface area (Å²) in [7, 11) is 0. The topological polar surface area (TPSA) is 118 Å². The molecular weight excluding hydrogens is 330 g/mol. The summed E-state index contributed by atoms with van der Waals surface area (Å²) in [6.45, 7) is 4.87. The lowest BCUT2D eigenvalue weighted by molar-refractivity contribution is 0.0695. The maximum Gasteiger partial charge on any atom is 0.124 e. The molecule has 0 amide bonds. The molecule has 1 saturated heterocycles. The number of hydrogen-bond donors (Lipinski definition) is 5. The molecule has 3 rings (SSSR count). The standard InChI is InChI=1S/C20H27N3O3/c1-20(2,25)17-14(11-15(21)13-5-3-4-6-16(13)24)19(22)23-18(17)12-7-9-26-10-8-12/h3-6,11-12,23-25H,7-10,21-22H2,1-2H3/b15-11-. The normalized spacial score (nSPS) is 16.8. The Bertz CT molecular complexity index is 812. The van der Waals surface area contributed by atoms with Crippen molar-refractivity contribution in [1.29, 1.82) is 0 Å². The zero-order chi connectivity index (χ0) is 18.9. The molecule has 0 saturated carbocycles. The van der Waals surface area contributed by atoms with Crippen LogP contribution in [0.5, 0.6) is 5.75 Å². The van der Waals surface area contributed by atoms with Gasteiger partial charge >= 0.3 is 0 Å². The van der Waals surface area contributed by atoms with Crippen molar-refractivity contribution < 1.29 is 14.9 Å². The fraction of sp³-hybridized carbons (Fsp3) is 0.400. The van der Waals surface area contributed by atoms with Crippen LogP contribution in [0.2, 0.25) is 0 Å². The van der Waals surface area contributed by atoms with E-state index in [4.69, 9.17) is 16.2 Å². The van der Waals surface area contributed by atoms with Gasteiger partial charge in [-0.2, -0.15) is 0 Å². The van der Waals surface area contributed by atoms with Gasteiger partial charge in [0.25, 0.3) is 0 Å². The number of aliphatic hydroxyl groups is 1. The average molecular weight is 357 g/mol. The highest BCUT2D eigenvalue weighted by molar-refractivity contribution is 5.86. The quantitative estimate of drug-likeness (QED) is 0.577. The molecule has 2 aromatic rings. The van der Waals surface area contributed by atoms with Crippen LogP contribution in [0.25, 0.3) is 11.8 Å². The van der Waals surface area contributed by atoms with Gasteiger partial charge in [-0.05, 0) is 44.9 Å². The fourth-order valence-corrected chi connectivity index (χ4v) is 3.61. The zero-order valence-electron chi connectivity index (χ0n) is 15.2. The molecular formula is C20H27N3O3. The molecule has 6 nitrogen and oxygen atoms in total. The summed E-state index contributed by atoms with van der Waals surface area (Å²) in [6.07, 6.45) is 3.47. The van der Waals surface area contributed by atoms with Crippen LogP contribution >= 0.6 is 0 Å². The molecule has 1 fully saturated rings. The van der Waals surface area contributed by atoms with E-state index in [9.17, 15) is 10.2 Å². The fourth-order valence-electron chi connectivity index (χ4n) is 3.61. The average Bonchev–Trinajstić information content (AvgIpc) is 2.93. The number of aromatic hydroxyl groups is 1. The van der Waals surface area contributed by atoms with Crippen molar-refractivity contribution in [2.75, 3.05) is 18.9 Å². The number of phenolic OH excluding ortho intramolecular Hbond substituents is 1. The third-order valence-electron chi connectivity index (χ3n) is 4.85. The van der Waals surface area contributed by atoms with Crippen molar-refractivity contribution in [3.8, 4) is 5.75 Å². The molecule has 140 valence electrons. The van der Waals surface area contributed by atoms with Gasteiger partial charge in [-0.25, -0.2) is 0 Å². The van der Waals surface area contributed by atoms with Gasteiger partial charge in [-0.3, -0.25) is 0 Å². The molecule has 1 aromatic heterocycles. The van der Waals surface area contributed by atoms with Crippen LogP contribution in [-0.2, 0) is 10.3 Å². The number of rotatable bonds is 4. The Morgan fingerprint density at radius 2 is 1.92 bits per heavy atom. The molecule has 2 heterocycles. The van der Waals surface area contributed by atoms with Crippen LogP contribution in [0.4, 0.5) is 5.82 Å². The first-order chi connectivity index (χ1) is 12.3. The number of anilines is 1. The van der Waals surface area contributed by atoms with Gasteiger partial charge in [0.1, 0.15) is 11.6 Å². The molecule has 0 spiro atoms. The van der Waals surface area contributed by atoms with Crippen LogP contribution in [-0.4, -0.2) is 28.4 Å². The van der Waals surface area contributed by atoms with E-state index in [1.54, 1.807) is 44.2 Å². The Morgan fingerprint density at radius 1 is 1.27 bits per heavy atom. The van der Waals surface area contributed by atoms with Gasteiger partial charge in [0, 0.05) is 47.2 Å². The number of ether oxygens (including phenoxy) is 1. The molecule has 1 aliphatic rings. The first-order valence-electron chi connectivity index (χ1n) is 8.86. The molecule has 0 radical (unpaired) electrons. The summed E-state index contributed by atoms with van der Waals surface area (Å²) >= 11 is 0. The Labute approximate surface area is 153 Å². The summed E-state index contributed by atoms with van der Waals surface area (Å²) in [5.74, 6) is 0.813. The minimum absolute atomic E-state index is 0.102. The van der Waals surface area contributed by atoms with E-state index in [1.165, 1.54) is 0 Å². The van der Waals surface area contributed by atoms with E-state index in [0.29, 0.717) is 35.9 Å². The lowest BCUT2D eigenvalue weighted by Crippen LogP contribution is -2.22. The van der Waals surface area contributed by atoms with E-state index < -0.39 is 5.60 Å². The highest BCUT2D eigenvalue weighted by atomic mass is 16.5. The molecule has 26 heavy (non-hydrogen) atoms. The van der Waals surface area contributed by atoms with Gasteiger partial charge in [0.05, 0.1) is 5.60 Å². The monoisotopic (exact) mass is 357 g/mol. The molecule has 7 N–H and O–H groups in total. The van der Waals surface area contributed by atoms with Crippen LogP contribution in [0, 0.1) is 0 Å². The number of nitrogens with one attached hydrogen (secondary N) is 1. The second-order valence-corrected chi connectivity index (χ2v) is 7.30. The number of nitrogens with two attached hydrogens (primary N) is 2. The largest absolute Gasteiger partial charge is 0.507 e. The number of nitrogen functional groups attached to an aromatic ring is 1. The summed E-state index contributed by atoms with van der Waals surface area (Å²) in [4.78, 5) is 3.26. The van der Waals surface area contributed by atoms with Crippen molar-refractivity contribution in [1.82, 2.24) is 4.98 Å². The van der Waals surface area contributed by atoms with E-state index in [-0.39, 0.29) is 11.7 Å². The second kappa shape index (κ2) is 7.05. The van der Waals surface area contributed by atoms with Crippen LogP contribution < -0.4 is 11.5 Å². The van der Waals surface area contributed by atoms with Crippen LogP contribution in [0.1, 0.15) is 55.0 Å². The number of hydrogen-bond acceptors (Lipinski definition) is 5. The number of para-hydroxylation sites is 1. The lowest BCUT2D eigenvalue weighted by Gasteiger charge is -2.27. The van der Waals surface area contributed by atoms with Gasteiger partial charge < -0.3 is 31.4 Å². The number of phenols is 1. The van der Waals surface area contributed by atoms with Gasteiger partial charge in [0.2, 0.25) is 0 Å². The molecule has 0 aliphatic carbocycles. The van der Waals surface area contributed by atoms with Crippen LogP contribution in [0.15, 0.2) is 24.3 Å². The molecule has 6 heteroatoms. The second-order valence-electron chi connectivity index (χ2n) is 7.30. The highest BCUT2D eigenvalue weighted by Crippen LogP contribution is 2.40. The highest BCUT2D eigenvalue weighted by Gasteiger charge is 2.31. The van der Waals surface area contributed by atoms with Gasteiger partial charge in [-0.15, -0.1) is 0 Å². The Kier molecular flexibility index (Phi) is 4.98. The van der Waals surface area contributed by atoms with Crippen molar-refractivity contribution in [3.05, 3.63) is 46.6 Å². The van der Waals surface area contributed by atoms with E-state index in [0.717, 1.165) is 24.1 Å². The van der Waals surface area contributed by atoms with Gasteiger partial charge in [0.15, 0.2) is 0 Å². The van der Waals surface area contributed by atoms with Gasteiger partial charge in [-0.1, -0.05) is 12.1 Å². The minimum atomic E-state index is -1.09. The maximum absolute atomic E-state index is 10.8. The van der Waals surface area contributed by atoms with Crippen molar-refractivity contribution in [2.45, 2.75) is 38.2 Å². The maximum atomic E-state index is 10.8. The van der Waals surface area contributed by atoms with Crippen LogP contribution in [0.3, 0.4) is 0 Å². The third-order valence-corrected chi connectivity index (χ3v) is 4.85. The Balaban J connectivity index is 2.11. The first kappa shape index (κ1) is 18.4. The number of H-pyrrole nitrogens is 1. The molecule has 0 atom stereocenters. The molecule has 1 aliphatic heterocycles. The summed E-state index contributed by atoms with van der Waals surface area (Å²) in [6, 6.07) is 6.87. The number of benzene rings is 1. The molecule has 0 bridgehead atoms. The number of aromatic nitrogens is 1. The van der Waals surface area contributed by atoms with Crippen molar-refractivity contribution in [3.63, 3.8) is 0 Å². The number of aromatic amines is 1. The SMILES string of the molecule is CC(C)(O)c1c(C2CCOCC2)[nH]c(N)c1/C=C(\N)c1ccccc1O. The Morgan fingerprint density at radius 3 is 2.54 bits per heavy atom. The summed E-state index contributed by atoms with van der Waals surface area (Å²) in [5.41, 5.74) is 14.7.